The van der Waals surface area contributed by atoms with Crippen LogP contribution in [0.25, 0.3) is 6.08 Å². The molecule has 2 heterocycles. The lowest BCUT2D eigenvalue weighted by molar-refractivity contribution is -0.117. The molecule has 1 fully saturated rings. The van der Waals surface area contributed by atoms with Gasteiger partial charge in [0.1, 0.15) is 18.2 Å². The molecule has 0 aliphatic carbocycles. The summed E-state index contributed by atoms with van der Waals surface area (Å²) in [5, 5.41) is 3.01. The van der Waals surface area contributed by atoms with E-state index in [1.165, 1.54) is 12.1 Å². The van der Waals surface area contributed by atoms with Crippen LogP contribution < -0.4 is 15.0 Å². The molecule has 0 unspecified atom stereocenters. The fourth-order valence-corrected chi connectivity index (χ4v) is 3.90. The zero-order valence-electron chi connectivity index (χ0n) is 17.1. The maximum atomic E-state index is 13.1. The third-order valence-electron chi connectivity index (χ3n) is 5.67. The summed E-state index contributed by atoms with van der Waals surface area (Å²) in [6, 6.07) is 14.5. The van der Waals surface area contributed by atoms with Crippen LogP contribution in [-0.2, 0) is 4.79 Å². The smallest absolute Gasteiger partial charge is 0.250 e. The average molecular weight is 410 g/mol. The second kappa shape index (κ2) is 9.76. The third-order valence-corrected chi connectivity index (χ3v) is 5.67. The Bertz CT molecular complexity index is 890. The van der Waals surface area contributed by atoms with E-state index in [9.17, 15) is 9.18 Å². The summed E-state index contributed by atoms with van der Waals surface area (Å²) < 4.78 is 18.7. The molecule has 0 saturated carbocycles. The summed E-state index contributed by atoms with van der Waals surface area (Å²) in [5.74, 6) is 0.590. The maximum absolute atomic E-state index is 13.1. The van der Waals surface area contributed by atoms with Crippen molar-refractivity contribution in [2.75, 3.05) is 50.8 Å². The number of anilines is 1. The van der Waals surface area contributed by atoms with Gasteiger partial charge < -0.3 is 15.0 Å². The van der Waals surface area contributed by atoms with Crippen LogP contribution >= 0.6 is 0 Å². The minimum Gasteiger partial charge on any atom is -0.488 e. The van der Waals surface area contributed by atoms with E-state index < -0.39 is 0 Å². The second-order valence-corrected chi connectivity index (χ2v) is 7.76. The van der Waals surface area contributed by atoms with Crippen LogP contribution in [-0.4, -0.2) is 56.7 Å². The molecular formula is C24H28FN3O2. The van der Waals surface area contributed by atoms with Crippen molar-refractivity contribution in [3.05, 3.63) is 65.5 Å². The van der Waals surface area contributed by atoms with E-state index >= 15 is 0 Å². The van der Waals surface area contributed by atoms with Gasteiger partial charge in [-0.2, -0.15) is 0 Å². The van der Waals surface area contributed by atoms with E-state index in [1.807, 2.05) is 42.5 Å². The van der Waals surface area contributed by atoms with E-state index in [-0.39, 0.29) is 11.7 Å². The molecule has 0 spiro atoms. The van der Waals surface area contributed by atoms with E-state index in [2.05, 4.69) is 15.1 Å². The van der Waals surface area contributed by atoms with Gasteiger partial charge in [-0.25, -0.2) is 4.39 Å². The van der Waals surface area contributed by atoms with Gasteiger partial charge in [0.2, 0.25) is 0 Å². The SMILES string of the molecule is O=C(NCCCCN1CCN(c2ccc(F)cc2)CC1)C1=Cc2ccccc2OC1. The Morgan fingerprint density at radius 3 is 2.57 bits per heavy atom. The lowest BCUT2D eigenvalue weighted by Crippen LogP contribution is -2.46. The number of piperazine rings is 1. The summed E-state index contributed by atoms with van der Waals surface area (Å²) in [6.45, 7) is 5.96. The molecule has 0 atom stereocenters. The first-order valence-electron chi connectivity index (χ1n) is 10.6. The van der Waals surface area contributed by atoms with Gasteiger partial charge in [0.15, 0.2) is 0 Å². The number of hydrogen-bond acceptors (Lipinski definition) is 4. The minimum absolute atomic E-state index is 0.0441. The average Bonchev–Trinajstić information content (AvgIpc) is 2.79. The summed E-state index contributed by atoms with van der Waals surface area (Å²) in [7, 11) is 0. The molecule has 5 nitrogen and oxygen atoms in total. The van der Waals surface area contributed by atoms with Gasteiger partial charge in [-0.3, -0.25) is 9.69 Å². The van der Waals surface area contributed by atoms with Gasteiger partial charge in [0.05, 0.1) is 5.57 Å². The number of unbranched alkanes of at least 4 members (excludes halogenated alkanes) is 1. The highest BCUT2D eigenvalue weighted by Crippen LogP contribution is 2.25. The van der Waals surface area contributed by atoms with Crippen molar-refractivity contribution in [1.29, 1.82) is 0 Å². The molecule has 2 aliphatic heterocycles. The predicted octanol–water partition coefficient (Wildman–Crippen LogP) is 3.32. The van der Waals surface area contributed by atoms with Gasteiger partial charge in [-0.15, -0.1) is 0 Å². The predicted molar refractivity (Wildman–Crippen MR) is 117 cm³/mol. The van der Waals surface area contributed by atoms with Crippen LogP contribution in [0.2, 0.25) is 0 Å². The molecule has 0 radical (unpaired) electrons. The highest BCUT2D eigenvalue weighted by atomic mass is 19.1. The van der Waals surface area contributed by atoms with Crippen LogP contribution in [0.4, 0.5) is 10.1 Å². The first-order chi connectivity index (χ1) is 14.7. The molecule has 0 bridgehead atoms. The number of fused-ring (bicyclic) bond motifs is 1. The molecule has 0 aromatic heterocycles. The van der Waals surface area contributed by atoms with Crippen molar-refractivity contribution in [2.24, 2.45) is 0 Å². The van der Waals surface area contributed by atoms with Crippen LogP contribution in [0.1, 0.15) is 18.4 Å². The standard InChI is InChI=1S/C24H28FN3O2/c25-21-7-9-22(10-8-21)28-15-13-27(14-16-28)12-4-3-11-26-24(29)20-17-19-5-1-2-6-23(19)30-18-20/h1-2,5-10,17H,3-4,11-16,18H2,(H,26,29). The largest absolute Gasteiger partial charge is 0.488 e. The van der Waals surface area contributed by atoms with Crippen molar-refractivity contribution in [1.82, 2.24) is 10.2 Å². The Morgan fingerprint density at radius 1 is 1.00 bits per heavy atom. The normalized spacial score (nSPS) is 16.4. The fourth-order valence-electron chi connectivity index (χ4n) is 3.90. The van der Waals surface area contributed by atoms with Crippen LogP contribution in [0.15, 0.2) is 54.1 Å². The Balaban J connectivity index is 1.12. The Hall–Kier alpha value is -2.86. The molecule has 2 aromatic rings. The first kappa shape index (κ1) is 20.4. The number of para-hydroxylation sites is 1. The highest BCUT2D eigenvalue weighted by molar-refractivity contribution is 5.99. The monoisotopic (exact) mass is 409 g/mol. The number of rotatable bonds is 7. The summed E-state index contributed by atoms with van der Waals surface area (Å²) >= 11 is 0. The number of ether oxygens (including phenoxy) is 1. The number of hydrogen-bond donors (Lipinski definition) is 1. The lowest BCUT2D eigenvalue weighted by atomic mass is 10.1. The molecule has 2 aromatic carbocycles. The van der Waals surface area contributed by atoms with Gasteiger partial charge in [0.25, 0.3) is 5.91 Å². The summed E-state index contributed by atoms with van der Waals surface area (Å²) in [6.07, 6.45) is 3.92. The fraction of sp³-hybridized carbons (Fsp3) is 0.375. The lowest BCUT2D eigenvalue weighted by Gasteiger charge is -2.36. The first-order valence-corrected chi connectivity index (χ1v) is 10.6. The zero-order valence-corrected chi connectivity index (χ0v) is 17.1. The summed E-state index contributed by atoms with van der Waals surface area (Å²) in [5.41, 5.74) is 2.71. The van der Waals surface area contributed by atoms with Crippen LogP contribution in [0, 0.1) is 5.82 Å². The Kier molecular flexibility index (Phi) is 6.64. The number of amides is 1. The Morgan fingerprint density at radius 2 is 1.77 bits per heavy atom. The van der Waals surface area contributed by atoms with Crippen molar-refractivity contribution in [3.8, 4) is 5.75 Å². The maximum Gasteiger partial charge on any atom is 0.250 e. The molecule has 1 saturated heterocycles. The van der Waals surface area contributed by atoms with Gasteiger partial charge >= 0.3 is 0 Å². The molecule has 1 amide bonds. The highest BCUT2D eigenvalue weighted by Gasteiger charge is 2.18. The number of nitrogens with one attached hydrogen (secondary N) is 1. The third kappa shape index (κ3) is 5.19. The number of benzene rings is 2. The topological polar surface area (TPSA) is 44.8 Å². The van der Waals surface area contributed by atoms with Gasteiger partial charge in [-0.1, -0.05) is 18.2 Å². The van der Waals surface area contributed by atoms with Gasteiger partial charge in [0, 0.05) is 44.0 Å². The summed E-state index contributed by atoms with van der Waals surface area (Å²) in [4.78, 5) is 17.1. The van der Waals surface area contributed by atoms with Crippen LogP contribution in [0.5, 0.6) is 5.75 Å². The molecule has 30 heavy (non-hydrogen) atoms. The zero-order chi connectivity index (χ0) is 20.8. The minimum atomic E-state index is -0.193. The number of carbonyl (C=O) groups is 1. The molecular weight excluding hydrogens is 381 g/mol. The van der Waals surface area contributed by atoms with E-state index in [1.54, 1.807) is 0 Å². The molecule has 6 heteroatoms. The number of carbonyl (C=O) groups excluding carboxylic acids is 1. The van der Waals surface area contributed by atoms with Gasteiger partial charge in [-0.05, 0) is 55.8 Å². The number of halogens is 1. The molecule has 158 valence electrons. The van der Waals surface area contributed by atoms with Crippen molar-refractivity contribution >= 4 is 17.7 Å². The molecule has 2 aliphatic rings. The van der Waals surface area contributed by atoms with Crippen LogP contribution in [0.3, 0.4) is 0 Å². The van der Waals surface area contributed by atoms with E-state index in [0.29, 0.717) is 18.7 Å². The van der Waals surface area contributed by atoms with E-state index in [0.717, 1.165) is 62.6 Å². The Labute approximate surface area is 177 Å². The molecule has 1 N–H and O–H groups in total. The van der Waals surface area contributed by atoms with Crippen molar-refractivity contribution in [2.45, 2.75) is 12.8 Å². The quantitative estimate of drug-likeness (QED) is 0.713. The molecule has 4 rings (SSSR count). The second-order valence-electron chi connectivity index (χ2n) is 7.76. The van der Waals surface area contributed by atoms with Crippen molar-refractivity contribution in [3.63, 3.8) is 0 Å². The van der Waals surface area contributed by atoms with E-state index in [4.69, 9.17) is 4.74 Å². The number of nitrogens with zero attached hydrogens (tertiary/aromatic N) is 2. The van der Waals surface area contributed by atoms with Crippen molar-refractivity contribution < 1.29 is 13.9 Å².